The van der Waals surface area contributed by atoms with Crippen LogP contribution in [-0.4, -0.2) is 41.4 Å². The zero-order chi connectivity index (χ0) is 20.4. The smallest absolute Gasteiger partial charge is 0.338 e. The van der Waals surface area contributed by atoms with Gasteiger partial charge >= 0.3 is 5.97 Å². The predicted molar refractivity (Wildman–Crippen MR) is 102 cm³/mol. The molecule has 27 heavy (non-hydrogen) atoms. The molecule has 0 aliphatic carbocycles. The molecule has 0 bridgehead atoms. The third kappa shape index (κ3) is 6.74. The highest BCUT2D eigenvalue weighted by atomic mass is 16.5. The first-order chi connectivity index (χ1) is 12.8. The van der Waals surface area contributed by atoms with Crippen LogP contribution in [0.5, 0.6) is 0 Å². The van der Waals surface area contributed by atoms with E-state index >= 15 is 0 Å². The Morgan fingerprint density at radius 2 is 1.67 bits per heavy atom. The lowest BCUT2D eigenvalue weighted by Gasteiger charge is -2.33. The molecule has 0 aliphatic rings. The number of nitriles is 1. The van der Waals surface area contributed by atoms with Gasteiger partial charge < -0.3 is 15.0 Å². The second kappa shape index (κ2) is 11.0. The average Bonchev–Trinajstić information content (AvgIpc) is 2.66. The van der Waals surface area contributed by atoms with E-state index in [1.807, 2.05) is 27.7 Å². The number of hydrogen-bond acceptors (Lipinski definition) is 5. The lowest BCUT2D eigenvalue weighted by atomic mass is 10.1. The molecular formula is C20H27N3O4. The van der Waals surface area contributed by atoms with Crippen LogP contribution in [0.3, 0.4) is 0 Å². The summed E-state index contributed by atoms with van der Waals surface area (Å²) in [6.07, 6.45) is 1.40. The number of hydrogen-bond donors (Lipinski definition) is 1. The molecule has 0 saturated heterocycles. The first-order valence-electron chi connectivity index (χ1n) is 9.09. The number of carbonyl (C=O) groups is 3. The lowest BCUT2D eigenvalue weighted by Crippen LogP contribution is -2.46. The Bertz CT molecular complexity index is 684. The predicted octanol–water partition coefficient (Wildman–Crippen LogP) is 3.12. The van der Waals surface area contributed by atoms with Crippen molar-refractivity contribution in [2.45, 2.75) is 59.0 Å². The molecule has 2 atom stereocenters. The molecule has 1 rings (SSSR count). The monoisotopic (exact) mass is 373 g/mol. The fourth-order valence-electron chi connectivity index (χ4n) is 2.57. The molecule has 0 aromatic heterocycles. The summed E-state index contributed by atoms with van der Waals surface area (Å²) in [7, 11) is 0. The molecule has 0 fully saturated rings. The molecule has 7 heteroatoms. The van der Waals surface area contributed by atoms with Gasteiger partial charge in [-0.05, 0) is 51.0 Å². The number of anilines is 1. The Labute approximate surface area is 160 Å². The summed E-state index contributed by atoms with van der Waals surface area (Å²) < 4.78 is 5.16. The number of amides is 2. The Kier molecular flexibility index (Phi) is 9.00. The van der Waals surface area contributed by atoms with Crippen LogP contribution in [0.25, 0.3) is 0 Å². The van der Waals surface area contributed by atoms with E-state index in [1.165, 1.54) is 24.3 Å². The molecule has 1 aromatic carbocycles. The van der Waals surface area contributed by atoms with Crippen molar-refractivity contribution in [2.75, 3.05) is 11.9 Å². The summed E-state index contributed by atoms with van der Waals surface area (Å²) in [6.45, 7) is 7.66. The molecule has 0 unspecified atom stereocenters. The molecule has 1 N–H and O–H groups in total. The fourth-order valence-corrected chi connectivity index (χ4v) is 2.57. The first-order valence-corrected chi connectivity index (χ1v) is 9.09. The van der Waals surface area contributed by atoms with Crippen LogP contribution < -0.4 is 5.32 Å². The Morgan fingerprint density at radius 3 is 2.15 bits per heavy atom. The van der Waals surface area contributed by atoms with Crippen LogP contribution in [0.1, 0.15) is 57.3 Å². The Hall–Kier alpha value is -2.88. The number of esters is 1. The van der Waals surface area contributed by atoms with Crippen LogP contribution in [0.15, 0.2) is 24.3 Å². The maximum atomic E-state index is 12.5. The summed E-state index contributed by atoms with van der Waals surface area (Å²) in [5, 5.41) is 11.0. The van der Waals surface area contributed by atoms with Gasteiger partial charge in [-0.15, -0.1) is 0 Å². The van der Waals surface area contributed by atoms with Crippen molar-refractivity contribution in [3.05, 3.63) is 29.8 Å². The molecular weight excluding hydrogens is 346 g/mol. The van der Waals surface area contributed by atoms with Gasteiger partial charge in [0.25, 0.3) is 5.91 Å². The SMILES string of the molecule is CC[C@@H](C)N(C(=O)COC(=O)c1ccc(NC(=O)CC#N)cc1)[C@H](C)CC. The van der Waals surface area contributed by atoms with Crippen molar-refractivity contribution >= 4 is 23.5 Å². The van der Waals surface area contributed by atoms with Crippen LogP contribution in [0, 0.1) is 11.3 Å². The first kappa shape index (κ1) is 22.2. The van der Waals surface area contributed by atoms with Gasteiger partial charge in [0.05, 0.1) is 11.6 Å². The van der Waals surface area contributed by atoms with Gasteiger partial charge in [-0.3, -0.25) is 9.59 Å². The highest BCUT2D eigenvalue weighted by Crippen LogP contribution is 2.14. The number of benzene rings is 1. The largest absolute Gasteiger partial charge is 0.452 e. The van der Waals surface area contributed by atoms with Crippen LogP contribution >= 0.6 is 0 Å². The molecule has 0 spiro atoms. The number of rotatable bonds is 9. The van der Waals surface area contributed by atoms with Crippen molar-refractivity contribution in [3.63, 3.8) is 0 Å². The molecule has 0 aliphatic heterocycles. The van der Waals surface area contributed by atoms with Gasteiger partial charge in [-0.1, -0.05) is 13.8 Å². The summed E-state index contributed by atoms with van der Waals surface area (Å²) in [4.78, 5) is 37.8. The van der Waals surface area contributed by atoms with E-state index < -0.39 is 11.9 Å². The lowest BCUT2D eigenvalue weighted by molar-refractivity contribution is -0.139. The standard InChI is InChI=1S/C20H27N3O4/c1-5-14(3)23(15(4)6-2)19(25)13-27-20(26)16-7-9-17(10-8-16)22-18(24)11-12-21/h7-10,14-15H,5-6,11,13H2,1-4H3,(H,22,24)/t14-,15-/m1/s1. The normalized spacial score (nSPS) is 12.4. The quantitative estimate of drug-likeness (QED) is 0.671. The van der Waals surface area contributed by atoms with E-state index in [1.54, 1.807) is 11.0 Å². The minimum Gasteiger partial charge on any atom is -0.452 e. The maximum absolute atomic E-state index is 12.5. The van der Waals surface area contributed by atoms with Gasteiger partial charge in [0, 0.05) is 17.8 Å². The summed E-state index contributed by atoms with van der Waals surface area (Å²) in [5.41, 5.74) is 0.752. The summed E-state index contributed by atoms with van der Waals surface area (Å²) >= 11 is 0. The average molecular weight is 373 g/mol. The van der Waals surface area contributed by atoms with Gasteiger partial charge in [0.1, 0.15) is 6.42 Å². The van der Waals surface area contributed by atoms with Crippen molar-refractivity contribution < 1.29 is 19.1 Å². The van der Waals surface area contributed by atoms with Crippen molar-refractivity contribution in [2.24, 2.45) is 0 Å². The van der Waals surface area contributed by atoms with E-state index in [4.69, 9.17) is 10.00 Å². The van der Waals surface area contributed by atoms with Crippen molar-refractivity contribution in [1.82, 2.24) is 4.90 Å². The molecule has 0 saturated carbocycles. The third-order valence-corrected chi connectivity index (χ3v) is 4.39. The summed E-state index contributed by atoms with van der Waals surface area (Å²) in [5.74, 6) is -1.24. The van der Waals surface area contributed by atoms with Crippen molar-refractivity contribution in [3.8, 4) is 6.07 Å². The molecule has 0 radical (unpaired) electrons. The molecule has 1 aromatic rings. The van der Waals surface area contributed by atoms with Gasteiger partial charge in [0.2, 0.25) is 5.91 Å². The maximum Gasteiger partial charge on any atom is 0.338 e. The van der Waals surface area contributed by atoms with Gasteiger partial charge in [-0.2, -0.15) is 5.26 Å². The number of nitrogens with zero attached hydrogens (tertiary/aromatic N) is 2. The van der Waals surface area contributed by atoms with E-state index in [-0.39, 0.29) is 36.6 Å². The zero-order valence-corrected chi connectivity index (χ0v) is 16.3. The minimum atomic E-state index is -0.605. The van der Waals surface area contributed by atoms with Gasteiger partial charge in [0.15, 0.2) is 6.61 Å². The van der Waals surface area contributed by atoms with E-state index in [0.717, 1.165) is 12.8 Å². The highest BCUT2D eigenvalue weighted by molar-refractivity contribution is 5.94. The van der Waals surface area contributed by atoms with E-state index in [0.29, 0.717) is 5.69 Å². The second-order valence-corrected chi connectivity index (χ2v) is 6.35. The Balaban J connectivity index is 2.66. The van der Waals surface area contributed by atoms with Crippen LogP contribution in [0.2, 0.25) is 0 Å². The third-order valence-electron chi connectivity index (χ3n) is 4.39. The minimum absolute atomic E-state index is 0.0717. The second-order valence-electron chi connectivity index (χ2n) is 6.35. The van der Waals surface area contributed by atoms with E-state index in [9.17, 15) is 14.4 Å². The molecule has 146 valence electrons. The Morgan fingerprint density at radius 1 is 1.11 bits per heavy atom. The fraction of sp³-hybridized carbons (Fsp3) is 0.500. The molecule has 7 nitrogen and oxygen atoms in total. The zero-order valence-electron chi connectivity index (χ0n) is 16.3. The number of carbonyl (C=O) groups excluding carboxylic acids is 3. The number of ether oxygens (including phenoxy) is 1. The van der Waals surface area contributed by atoms with Gasteiger partial charge in [-0.25, -0.2) is 4.79 Å². The highest BCUT2D eigenvalue weighted by Gasteiger charge is 2.24. The van der Waals surface area contributed by atoms with Crippen LogP contribution in [-0.2, 0) is 14.3 Å². The number of nitrogens with one attached hydrogen (secondary N) is 1. The van der Waals surface area contributed by atoms with Crippen LogP contribution in [0.4, 0.5) is 5.69 Å². The summed E-state index contributed by atoms with van der Waals surface area (Å²) in [6, 6.07) is 7.97. The van der Waals surface area contributed by atoms with Crippen molar-refractivity contribution in [1.29, 1.82) is 5.26 Å². The molecule has 2 amide bonds. The van der Waals surface area contributed by atoms with E-state index in [2.05, 4.69) is 5.32 Å². The molecule has 0 heterocycles. The topological polar surface area (TPSA) is 99.5 Å².